The lowest BCUT2D eigenvalue weighted by Gasteiger charge is -2.15. The second-order valence-electron chi connectivity index (χ2n) is 2.65. The Morgan fingerprint density at radius 1 is 1.40 bits per heavy atom. The lowest BCUT2D eigenvalue weighted by Crippen LogP contribution is -2.29. The molecule has 0 fully saturated rings. The summed E-state index contributed by atoms with van der Waals surface area (Å²) in [6.45, 7) is -0.272. The van der Waals surface area contributed by atoms with Crippen molar-refractivity contribution in [2.75, 3.05) is 11.4 Å². The van der Waals surface area contributed by atoms with Gasteiger partial charge >= 0.3 is 6.09 Å². The van der Waals surface area contributed by atoms with Crippen LogP contribution >= 0.6 is 23.2 Å². The van der Waals surface area contributed by atoms with Gasteiger partial charge in [0.15, 0.2) is 0 Å². The van der Waals surface area contributed by atoms with Crippen LogP contribution in [0.15, 0.2) is 18.2 Å². The van der Waals surface area contributed by atoms with Gasteiger partial charge in [-0.05, 0) is 18.2 Å². The van der Waals surface area contributed by atoms with Crippen LogP contribution in [0.25, 0.3) is 0 Å². The molecule has 0 aromatic heterocycles. The van der Waals surface area contributed by atoms with Crippen molar-refractivity contribution in [2.45, 2.75) is 0 Å². The first-order valence-corrected chi connectivity index (χ1v) is 4.63. The van der Waals surface area contributed by atoms with Crippen molar-refractivity contribution in [1.82, 2.24) is 0 Å². The fraction of sp³-hybridized carbons (Fsp3) is 0.111. The Kier molecular flexibility index (Phi) is 3.78. The molecule has 0 bridgehead atoms. The quantitative estimate of drug-likeness (QED) is 0.814. The molecule has 4 nitrogen and oxygen atoms in total. The standard InChI is InChI=1S/C9H6Cl2N2O2/c10-6-3-7(11)5-8(4-6)13(2-1-12)9(14)15/h3-5H,2H2,(H,14,15). The van der Waals surface area contributed by atoms with Gasteiger partial charge in [0, 0.05) is 10.0 Å². The number of nitrogens with zero attached hydrogens (tertiary/aromatic N) is 2. The van der Waals surface area contributed by atoms with Crippen LogP contribution in [0.3, 0.4) is 0 Å². The van der Waals surface area contributed by atoms with Gasteiger partial charge in [-0.25, -0.2) is 4.79 Å². The number of hydrogen-bond acceptors (Lipinski definition) is 2. The molecule has 0 spiro atoms. The molecule has 0 aliphatic rings. The van der Waals surface area contributed by atoms with Gasteiger partial charge in [0.05, 0.1) is 11.8 Å². The molecule has 6 heteroatoms. The Morgan fingerprint density at radius 3 is 2.33 bits per heavy atom. The number of amides is 1. The molecule has 0 aliphatic heterocycles. The molecule has 1 N–H and O–H groups in total. The number of rotatable bonds is 2. The van der Waals surface area contributed by atoms with E-state index < -0.39 is 6.09 Å². The van der Waals surface area contributed by atoms with Gasteiger partial charge < -0.3 is 5.11 Å². The SMILES string of the molecule is N#CCN(C(=O)O)c1cc(Cl)cc(Cl)c1. The highest BCUT2D eigenvalue weighted by Gasteiger charge is 2.14. The molecule has 0 aliphatic carbocycles. The summed E-state index contributed by atoms with van der Waals surface area (Å²) in [5.74, 6) is 0. The average Bonchev–Trinajstić information content (AvgIpc) is 2.11. The Hall–Kier alpha value is -1.44. The summed E-state index contributed by atoms with van der Waals surface area (Å²) in [6, 6.07) is 6.09. The minimum absolute atomic E-state index is 0.272. The van der Waals surface area contributed by atoms with E-state index in [0.717, 1.165) is 4.90 Å². The maximum absolute atomic E-state index is 10.8. The van der Waals surface area contributed by atoms with Gasteiger partial charge in [0.2, 0.25) is 0 Å². The second kappa shape index (κ2) is 4.87. The molecule has 0 radical (unpaired) electrons. The van der Waals surface area contributed by atoms with Crippen molar-refractivity contribution in [3.8, 4) is 6.07 Å². The summed E-state index contributed by atoms with van der Waals surface area (Å²) in [5.41, 5.74) is 0.279. The van der Waals surface area contributed by atoms with Crippen LogP contribution in [0.5, 0.6) is 0 Å². The van der Waals surface area contributed by atoms with Gasteiger partial charge in [-0.2, -0.15) is 5.26 Å². The number of benzene rings is 1. The predicted molar refractivity (Wildman–Crippen MR) is 57.4 cm³/mol. The zero-order valence-electron chi connectivity index (χ0n) is 7.44. The maximum Gasteiger partial charge on any atom is 0.412 e. The number of carboxylic acid groups (broad SMARTS) is 1. The first-order chi connectivity index (χ1) is 7.04. The van der Waals surface area contributed by atoms with E-state index in [1.165, 1.54) is 18.2 Å². The highest BCUT2D eigenvalue weighted by Crippen LogP contribution is 2.25. The third-order valence-electron chi connectivity index (χ3n) is 1.62. The van der Waals surface area contributed by atoms with Crippen molar-refractivity contribution in [1.29, 1.82) is 5.26 Å². The molecule has 0 saturated carbocycles. The molecule has 1 aromatic rings. The van der Waals surface area contributed by atoms with Crippen LogP contribution in [0, 0.1) is 11.3 Å². The zero-order chi connectivity index (χ0) is 11.4. The fourth-order valence-electron chi connectivity index (χ4n) is 1.04. The molecular weight excluding hydrogens is 239 g/mol. The van der Waals surface area contributed by atoms with Crippen LogP contribution < -0.4 is 4.90 Å². The van der Waals surface area contributed by atoms with Gasteiger partial charge in [0.25, 0.3) is 0 Å². The lowest BCUT2D eigenvalue weighted by atomic mass is 10.3. The van der Waals surface area contributed by atoms with Crippen molar-refractivity contribution in [2.24, 2.45) is 0 Å². The number of anilines is 1. The van der Waals surface area contributed by atoms with Gasteiger partial charge in [-0.1, -0.05) is 23.2 Å². The Labute approximate surface area is 96.2 Å². The smallest absolute Gasteiger partial charge is 0.412 e. The molecular formula is C9H6Cl2N2O2. The number of halogens is 2. The summed E-state index contributed by atoms with van der Waals surface area (Å²) >= 11 is 11.4. The summed E-state index contributed by atoms with van der Waals surface area (Å²) in [6.07, 6.45) is -1.23. The number of hydrogen-bond donors (Lipinski definition) is 1. The van der Waals surface area contributed by atoms with Gasteiger partial charge in [-0.15, -0.1) is 0 Å². The summed E-state index contributed by atoms with van der Waals surface area (Å²) in [5, 5.41) is 17.9. The first kappa shape index (κ1) is 11.6. The summed E-state index contributed by atoms with van der Waals surface area (Å²) < 4.78 is 0. The van der Waals surface area contributed by atoms with Crippen molar-refractivity contribution in [3.63, 3.8) is 0 Å². The first-order valence-electron chi connectivity index (χ1n) is 3.88. The van der Waals surface area contributed by atoms with E-state index in [4.69, 9.17) is 33.6 Å². The lowest BCUT2D eigenvalue weighted by molar-refractivity contribution is 0.202. The van der Waals surface area contributed by atoms with E-state index in [-0.39, 0.29) is 12.2 Å². The van der Waals surface area contributed by atoms with E-state index >= 15 is 0 Å². The highest BCUT2D eigenvalue weighted by atomic mass is 35.5. The van der Waals surface area contributed by atoms with E-state index in [1.54, 1.807) is 6.07 Å². The van der Waals surface area contributed by atoms with Crippen molar-refractivity contribution >= 4 is 35.0 Å². The zero-order valence-corrected chi connectivity index (χ0v) is 8.96. The number of nitriles is 1. The normalized spacial score (nSPS) is 9.40. The van der Waals surface area contributed by atoms with Gasteiger partial charge in [0.1, 0.15) is 6.54 Å². The van der Waals surface area contributed by atoms with Crippen LogP contribution in [-0.2, 0) is 0 Å². The summed E-state index contributed by atoms with van der Waals surface area (Å²) in [4.78, 5) is 11.7. The minimum Gasteiger partial charge on any atom is -0.465 e. The second-order valence-corrected chi connectivity index (χ2v) is 3.53. The topological polar surface area (TPSA) is 64.3 Å². The molecule has 0 saturated heterocycles. The van der Waals surface area contributed by atoms with E-state index in [0.29, 0.717) is 10.0 Å². The van der Waals surface area contributed by atoms with Crippen LogP contribution in [0.2, 0.25) is 10.0 Å². The molecule has 0 unspecified atom stereocenters. The maximum atomic E-state index is 10.8. The highest BCUT2D eigenvalue weighted by molar-refractivity contribution is 6.35. The third kappa shape index (κ3) is 3.01. The number of carbonyl (C=O) groups is 1. The molecule has 15 heavy (non-hydrogen) atoms. The monoisotopic (exact) mass is 244 g/mol. The molecule has 0 atom stereocenters. The third-order valence-corrected chi connectivity index (χ3v) is 2.06. The molecule has 0 heterocycles. The fourth-order valence-corrected chi connectivity index (χ4v) is 1.55. The predicted octanol–water partition coefficient (Wildman–Crippen LogP) is 3.00. The largest absolute Gasteiger partial charge is 0.465 e. The summed E-state index contributed by atoms with van der Waals surface area (Å²) in [7, 11) is 0. The molecule has 78 valence electrons. The Bertz CT molecular complexity index is 408. The van der Waals surface area contributed by atoms with E-state index in [2.05, 4.69) is 0 Å². The van der Waals surface area contributed by atoms with Crippen LogP contribution in [0.1, 0.15) is 0 Å². The van der Waals surface area contributed by atoms with Crippen molar-refractivity contribution < 1.29 is 9.90 Å². The van der Waals surface area contributed by atoms with E-state index in [1.807, 2.05) is 0 Å². The Balaban J connectivity index is 3.11. The molecule has 1 amide bonds. The molecule has 1 rings (SSSR count). The van der Waals surface area contributed by atoms with Gasteiger partial charge in [-0.3, -0.25) is 4.90 Å². The van der Waals surface area contributed by atoms with Crippen LogP contribution in [0.4, 0.5) is 10.5 Å². The van der Waals surface area contributed by atoms with E-state index in [9.17, 15) is 4.79 Å². The molecule has 1 aromatic carbocycles. The Morgan fingerprint density at radius 2 is 1.93 bits per heavy atom. The average molecular weight is 245 g/mol. The van der Waals surface area contributed by atoms with Crippen LogP contribution in [-0.4, -0.2) is 17.7 Å². The van der Waals surface area contributed by atoms with Crippen molar-refractivity contribution in [3.05, 3.63) is 28.2 Å². The minimum atomic E-state index is -1.23.